The van der Waals surface area contributed by atoms with Crippen molar-refractivity contribution >= 4 is 0 Å². The number of likely N-dealkylation sites (tertiary alicyclic amines) is 1. The molecule has 0 saturated carbocycles. The molecule has 3 nitrogen and oxygen atoms in total. The summed E-state index contributed by atoms with van der Waals surface area (Å²) in [6.07, 6.45) is 5.00. The number of rotatable bonds is 7. The highest BCUT2D eigenvalue weighted by Crippen LogP contribution is 2.18. The standard InChI is InChI=1S/C14H31N3/c1-5-9-14(3,15)12-16(4)11-13-8-7-10-17(13)6-2/h13H,5-12,15H2,1-4H3. The minimum absolute atomic E-state index is 0.0286. The molecule has 0 bridgehead atoms. The summed E-state index contributed by atoms with van der Waals surface area (Å²) in [4.78, 5) is 5.03. The summed E-state index contributed by atoms with van der Waals surface area (Å²) in [7, 11) is 2.22. The van der Waals surface area contributed by atoms with E-state index in [-0.39, 0.29) is 5.54 Å². The Labute approximate surface area is 107 Å². The van der Waals surface area contributed by atoms with Crippen LogP contribution >= 0.6 is 0 Å². The quantitative estimate of drug-likeness (QED) is 0.739. The second-order valence-electron chi connectivity index (χ2n) is 6.03. The molecular weight excluding hydrogens is 210 g/mol. The monoisotopic (exact) mass is 241 g/mol. The number of hydrogen-bond donors (Lipinski definition) is 1. The van der Waals surface area contributed by atoms with Gasteiger partial charge in [-0.05, 0) is 46.3 Å². The molecule has 0 aromatic rings. The van der Waals surface area contributed by atoms with E-state index < -0.39 is 0 Å². The molecule has 0 aromatic heterocycles. The van der Waals surface area contributed by atoms with Crippen LogP contribution in [0.5, 0.6) is 0 Å². The molecule has 1 heterocycles. The van der Waals surface area contributed by atoms with Crippen LogP contribution in [-0.2, 0) is 0 Å². The summed E-state index contributed by atoms with van der Waals surface area (Å²) < 4.78 is 0. The van der Waals surface area contributed by atoms with E-state index in [4.69, 9.17) is 5.73 Å². The van der Waals surface area contributed by atoms with Crippen LogP contribution in [0.25, 0.3) is 0 Å². The third-order valence-electron chi connectivity index (χ3n) is 3.88. The van der Waals surface area contributed by atoms with Gasteiger partial charge in [-0.1, -0.05) is 20.3 Å². The van der Waals surface area contributed by atoms with Crippen molar-refractivity contribution in [2.75, 3.05) is 33.2 Å². The third kappa shape index (κ3) is 4.94. The SMILES string of the molecule is CCCC(C)(N)CN(C)CC1CCCN1CC. The lowest BCUT2D eigenvalue weighted by Crippen LogP contribution is -2.49. The van der Waals surface area contributed by atoms with Crippen LogP contribution in [0.4, 0.5) is 0 Å². The largest absolute Gasteiger partial charge is 0.324 e. The van der Waals surface area contributed by atoms with Crippen molar-refractivity contribution in [2.24, 2.45) is 5.73 Å². The fourth-order valence-corrected chi connectivity index (χ4v) is 3.21. The molecule has 2 unspecified atom stereocenters. The average molecular weight is 241 g/mol. The van der Waals surface area contributed by atoms with E-state index >= 15 is 0 Å². The van der Waals surface area contributed by atoms with Crippen LogP contribution in [0.2, 0.25) is 0 Å². The van der Waals surface area contributed by atoms with Crippen LogP contribution in [0.1, 0.15) is 46.5 Å². The Balaban J connectivity index is 2.35. The lowest BCUT2D eigenvalue weighted by atomic mass is 9.97. The molecule has 17 heavy (non-hydrogen) atoms. The average Bonchev–Trinajstić information content (AvgIpc) is 2.63. The maximum Gasteiger partial charge on any atom is 0.0254 e. The Hall–Kier alpha value is -0.120. The normalized spacial score (nSPS) is 25.4. The van der Waals surface area contributed by atoms with Gasteiger partial charge in [-0.25, -0.2) is 0 Å². The van der Waals surface area contributed by atoms with E-state index in [1.807, 2.05) is 0 Å². The zero-order valence-corrected chi connectivity index (χ0v) is 12.2. The van der Waals surface area contributed by atoms with Gasteiger partial charge in [0.05, 0.1) is 0 Å². The zero-order chi connectivity index (χ0) is 12.9. The van der Waals surface area contributed by atoms with E-state index in [2.05, 4.69) is 37.6 Å². The van der Waals surface area contributed by atoms with Crippen LogP contribution < -0.4 is 5.73 Å². The highest BCUT2D eigenvalue weighted by atomic mass is 15.2. The van der Waals surface area contributed by atoms with Gasteiger partial charge in [0.2, 0.25) is 0 Å². The maximum absolute atomic E-state index is 6.31. The molecule has 0 radical (unpaired) electrons. The van der Waals surface area contributed by atoms with Gasteiger partial charge >= 0.3 is 0 Å². The summed E-state index contributed by atoms with van der Waals surface area (Å²) >= 11 is 0. The van der Waals surface area contributed by atoms with Crippen LogP contribution in [0.15, 0.2) is 0 Å². The predicted octanol–water partition coefficient (Wildman–Crippen LogP) is 1.92. The molecule has 102 valence electrons. The first-order valence-corrected chi connectivity index (χ1v) is 7.20. The first-order chi connectivity index (χ1) is 7.98. The molecule has 2 N–H and O–H groups in total. The molecule has 0 amide bonds. The molecule has 3 heteroatoms. The van der Waals surface area contributed by atoms with Gasteiger partial charge in [-0.15, -0.1) is 0 Å². The summed E-state index contributed by atoms with van der Waals surface area (Å²) in [5.41, 5.74) is 6.29. The van der Waals surface area contributed by atoms with Crippen molar-refractivity contribution < 1.29 is 0 Å². The molecular formula is C14H31N3. The Morgan fingerprint density at radius 1 is 1.41 bits per heavy atom. The van der Waals surface area contributed by atoms with Gasteiger partial charge < -0.3 is 10.6 Å². The molecule has 0 aliphatic carbocycles. The molecule has 2 atom stereocenters. The van der Waals surface area contributed by atoms with Crippen molar-refractivity contribution in [1.29, 1.82) is 0 Å². The first-order valence-electron chi connectivity index (χ1n) is 7.20. The summed E-state index contributed by atoms with van der Waals surface area (Å²) in [6, 6.07) is 0.752. The second-order valence-corrected chi connectivity index (χ2v) is 6.03. The number of hydrogen-bond acceptors (Lipinski definition) is 3. The molecule has 1 aliphatic rings. The van der Waals surface area contributed by atoms with Gasteiger partial charge in [0.1, 0.15) is 0 Å². The molecule has 1 fully saturated rings. The topological polar surface area (TPSA) is 32.5 Å². The lowest BCUT2D eigenvalue weighted by Gasteiger charge is -2.33. The Morgan fingerprint density at radius 2 is 2.12 bits per heavy atom. The van der Waals surface area contributed by atoms with E-state index in [0.29, 0.717) is 0 Å². The highest BCUT2D eigenvalue weighted by molar-refractivity contribution is 4.85. The van der Waals surface area contributed by atoms with E-state index in [0.717, 1.165) is 19.0 Å². The first kappa shape index (κ1) is 14.9. The van der Waals surface area contributed by atoms with Gasteiger partial charge in [0, 0.05) is 24.7 Å². The fraction of sp³-hybridized carbons (Fsp3) is 1.00. The van der Waals surface area contributed by atoms with Crippen molar-refractivity contribution in [2.45, 2.75) is 58.0 Å². The minimum atomic E-state index is -0.0286. The summed E-state index contributed by atoms with van der Waals surface area (Å²) in [6.45, 7) is 11.3. The molecule has 1 rings (SSSR count). The minimum Gasteiger partial charge on any atom is -0.324 e. The smallest absolute Gasteiger partial charge is 0.0254 e. The lowest BCUT2D eigenvalue weighted by molar-refractivity contribution is 0.174. The van der Waals surface area contributed by atoms with E-state index in [1.165, 1.54) is 38.9 Å². The molecule has 0 aromatic carbocycles. The van der Waals surface area contributed by atoms with Crippen LogP contribution in [0.3, 0.4) is 0 Å². The molecule has 1 aliphatic heterocycles. The number of likely N-dealkylation sites (N-methyl/N-ethyl adjacent to an activating group) is 2. The third-order valence-corrected chi connectivity index (χ3v) is 3.88. The van der Waals surface area contributed by atoms with Crippen LogP contribution in [-0.4, -0.2) is 54.6 Å². The van der Waals surface area contributed by atoms with Gasteiger partial charge in [-0.3, -0.25) is 4.90 Å². The van der Waals surface area contributed by atoms with Crippen molar-refractivity contribution in [3.63, 3.8) is 0 Å². The highest BCUT2D eigenvalue weighted by Gasteiger charge is 2.26. The van der Waals surface area contributed by atoms with Gasteiger partial charge in [0.15, 0.2) is 0 Å². The second kappa shape index (κ2) is 6.72. The summed E-state index contributed by atoms with van der Waals surface area (Å²) in [5.74, 6) is 0. The maximum atomic E-state index is 6.31. The Morgan fingerprint density at radius 3 is 2.71 bits per heavy atom. The van der Waals surface area contributed by atoms with Crippen molar-refractivity contribution in [1.82, 2.24) is 9.80 Å². The van der Waals surface area contributed by atoms with Crippen molar-refractivity contribution in [3.8, 4) is 0 Å². The molecule has 1 saturated heterocycles. The Kier molecular flexibility index (Phi) is 5.90. The van der Waals surface area contributed by atoms with Gasteiger partial charge in [-0.2, -0.15) is 0 Å². The van der Waals surface area contributed by atoms with Gasteiger partial charge in [0.25, 0.3) is 0 Å². The Bertz CT molecular complexity index is 216. The van der Waals surface area contributed by atoms with E-state index in [1.54, 1.807) is 0 Å². The van der Waals surface area contributed by atoms with Crippen LogP contribution in [0, 0.1) is 0 Å². The fourth-order valence-electron chi connectivity index (χ4n) is 3.21. The predicted molar refractivity (Wildman–Crippen MR) is 75.3 cm³/mol. The number of nitrogens with zero attached hydrogens (tertiary/aromatic N) is 2. The number of nitrogens with two attached hydrogens (primary N) is 1. The zero-order valence-electron chi connectivity index (χ0n) is 12.2. The van der Waals surface area contributed by atoms with Crippen molar-refractivity contribution in [3.05, 3.63) is 0 Å². The summed E-state index contributed by atoms with van der Waals surface area (Å²) in [5, 5.41) is 0. The molecule has 0 spiro atoms. The van der Waals surface area contributed by atoms with E-state index in [9.17, 15) is 0 Å².